The summed E-state index contributed by atoms with van der Waals surface area (Å²) in [5, 5.41) is 10.6. The number of nitro groups is 1. The molecule has 2 aromatic rings. The zero-order valence-electron chi connectivity index (χ0n) is 8.41. The monoisotopic (exact) mass is 295 g/mol. The van der Waals surface area contributed by atoms with Gasteiger partial charge in [0.15, 0.2) is 4.73 Å². The van der Waals surface area contributed by atoms with E-state index in [1.165, 1.54) is 18.3 Å². The van der Waals surface area contributed by atoms with Crippen LogP contribution in [-0.2, 0) is 0 Å². The van der Waals surface area contributed by atoms with Gasteiger partial charge in [0, 0.05) is 18.3 Å². The predicted molar refractivity (Wildman–Crippen MR) is 62.9 cm³/mol. The molecule has 0 fully saturated rings. The number of aromatic nitrogens is 2. The van der Waals surface area contributed by atoms with Crippen molar-refractivity contribution in [2.45, 2.75) is 0 Å². The molecule has 0 aliphatic rings. The number of halogens is 1. The molecule has 0 N–H and O–H groups in total. The van der Waals surface area contributed by atoms with Crippen LogP contribution in [0.4, 0.5) is 5.69 Å². The zero-order chi connectivity index (χ0) is 12.3. The van der Waals surface area contributed by atoms with Crippen molar-refractivity contribution in [1.82, 2.24) is 9.97 Å². The lowest BCUT2D eigenvalue weighted by Crippen LogP contribution is -1.91. The summed E-state index contributed by atoms with van der Waals surface area (Å²) in [5.74, 6) is 0.664. The summed E-state index contributed by atoms with van der Waals surface area (Å²) in [5.41, 5.74) is -0.0318. The van der Waals surface area contributed by atoms with Gasteiger partial charge in [-0.1, -0.05) is 6.07 Å². The van der Waals surface area contributed by atoms with Gasteiger partial charge in [0.2, 0.25) is 5.88 Å². The average molecular weight is 296 g/mol. The molecular weight excluding hydrogens is 290 g/mol. The lowest BCUT2D eigenvalue weighted by molar-refractivity contribution is -0.384. The van der Waals surface area contributed by atoms with Crippen molar-refractivity contribution in [3.8, 4) is 11.6 Å². The van der Waals surface area contributed by atoms with E-state index in [0.717, 1.165) is 0 Å². The van der Waals surface area contributed by atoms with Gasteiger partial charge in [-0.05, 0) is 22.0 Å². The van der Waals surface area contributed by atoms with Gasteiger partial charge in [-0.25, -0.2) is 4.98 Å². The largest absolute Gasteiger partial charge is 0.439 e. The summed E-state index contributed by atoms with van der Waals surface area (Å²) in [7, 11) is 0. The van der Waals surface area contributed by atoms with Gasteiger partial charge in [0.05, 0.1) is 11.0 Å². The molecule has 0 unspecified atom stereocenters. The Labute approximate surface area is 105 Å². The van der Waals surface area contributed by atoms with Crippen molar-refractivity contribution in [3.05, 3.63) is 51.4 Å². The van der Waals surface area contributed by atoms with E-state index in [0.29, 0.717) is 16.4 Å². The molecule has 1 aromatic heterocycles. The second-order valence-corrected chi connectivity index (χ2v) is 3.73. The van der Waals surface area contributed by atoms with E-state index in [-0.39, 0.29) is 5.69 Å². The van der Waals surface area contributed by atoms with Gasteiger partial charge >= 0.3 is 0 Å². The van der Waals surface area contributed by atoms with Crippen LogP contribution >= 0.6 is 15.9 Å². The van der Waals surface area contributed by atoms with E-state index in [1.54, 1.807) is 18.2 Å². The van der Waals surface area contributed by atoms with Crippen molar-refractivity contribution < 1.29 is 9.66 Å². The lowest BCUT2D eigenvalue weighted by Gasteiger charge is -2.03. The first-order valence-electron chi connectivity index (χ1n) is 4.56. The van der Waals surface area contributed by atoms with Crippen LogP contribution < -0.4 is 4.74 Å². The van der Waals surface area contributed by atoms with E-state index < -0.39 is 4.92 Å². The number of nitrogens with zero attached hydrogens (tertiary/aromatic N) is 3. The van der Waals surface area contributed by atoms with Crippen LogP contribution in [0.1, 0.15) is 0 Å². The highest BCUT2D eigenvalue weighted by Gasteiger charge is 2.07. The zero-order valence-corrected chi connectivity index (χ0v) is 9.99. The van der Waals surface area contributed by atoms with Crippen LogP contribution in [-0.4, -0.2) is 14.9 Å². The molecule has 2 rings (SSSR count). The molecule has 0 amide bonds. The van der Waals surface area contributed by atoms with Crippen molar-refractivity contribution in [3.63, 3.8) is 0 Å². The highest BCUT2D eigenvalue weighted by Crippen LogP contribution is 2.24. The van der Waals surface area contributed by atoms with Gasteiger partial charge in [-0.15, -0.1) is 0 Å². The van der Waals surface area contributed by atoms with Gasteiger partial charge in [0.25, 0.3) is 5.69 Å². The molecule has 17 heavy (non-hydrogen) atoms. The minimum atomic E-state index is -0.483. The summed E-state index contributed by atoms with van der Waals surface area (Å²) >= 11 is 3.10. The molecule has 1 heterocycles. The predicted octanol–water partition coefficient (Wildman–Crippen LogP) is 2.94. The Morgan fingerprint density at radius 2 is 2.18 bits per heavy atom. The molecule has 6 nitrogen and oxygen atoms in total. The molecule has 7 heteroatoms. The van der Waals surface area contributed by atoms with Gasteiger partial charge in [-0.2, -0.15) is 4.98 Å². The summed E-state index contributed by atoms with van der Waals surface area (Å²) in [4.78, 5) is 17.9. The maximum Gasteiger partial charge on any atom is 0.273 e. The van der Waals surface area contributed by atoms with Crippen LogP contribution in [0.25, 0.3) is 0 Å². The van der Waals surface area contributed by atoms with Crippen LogP contribution in [0.3, 0.4) is 0 Å². The summed E-state index contributed by atoms with van der Waals surface area (Å²) in [6.07, 6.45) is 1.52. The molecule has 86 valence electrons. The summed E-state index contributed by atoms with van der Waals surface area (Å²) in [6.45, 7) is 0. The molecule has 0 aliphatic heterocycles. The van der Waals surface area contributed by atoms with E-state index in [9.17, 15) is 10.1 Å². The van der Waals surface area contributed by atoms with Gasteiger partial charge < -0.3 is 4.74 Å². The van der Waals surface area contributed by atoms with E-state index >= 15 is 0 Å². The summed E-state index contributed by atoms with van der Waals surface area (Å²) < 4.78 is 5.75. The smallest absolute Gasteiger partial charge is 0.273 e. The normalized spacial score (nSPS) is 9.94. The van der Waals surface area contributed by atoms with E-state index in [4.69, 9.17) is 4.74 Å². The standard InChI is InChI=1S/C10H6BrN3O3/c11-10-12-5-4-9(13-10)17-8-3-1-2-7(6-8)14(15)16/h1-6H. The Hall–Kier alpha value is -2.02. The third-order valence-corrected chi connectivity index (χ3v) is 2.23. The molecule has 0 saturated heterocycles. The number of ether oxygens (including phenoxy) is 1. The number of rotatable bonds is 3. The molecular formula is C10H6BrN3O3. The Bertz CT molecular complexity index is 562. The number of non-ortho nitro benzene ring substituents is 1. The number of nitro benzene ring substituents is 1. The van der Waals surface area contributed by atoms with Crippen molar-refractivity contribution >= 4 is 21.6 Å². The number of hydrogen-bond donors (Lipinski definition) is 0. The molecule has 0 saturated carbocycles. The quantitative estimate of drug-likeness (QED) is 0.494. The fourth-order valence-corrected chi connectivity index (χ4v) is 1.45. The maximum absolute atomic E-state index is 10.6. The van der Waals surface area contributed by atoms with Crippen LogP contribution in [0.5, 0.6) is 11.6 Å². The van der Waals surface area contributed by atoms with Crippen molar-refractivity contribution in [2.75, 3.05) is 0 Å². The first-order valence-corrected chi connectivity index (χ1v) is 5.35. The SMILES string of the molecule is O=[N+]([O-])c1cccc(Oc2ccnc(Br)n2)c1. The van der Waals surface area contributed by atoms with Gasteiger partial charge in [0.1, 0.15) is 5.75 Å². The van der Waals surface area contributed by atoms with E-state index in [2.05, 4.69) is 25.9 Å². The van der Waals surface area contributed by atoms with Crippen LogP contribution in [0.15, 0.2) is 41.3 Å². The molecule has 0 aliphatic carbocycles. The fraction of sp³-hybridized carbons (Fsp3) is 0. The maximum atomic E-state index is 10.6. The highest BCUT2D eigenvalue weighted by molar-refractivity contribution is 9.10. The Kier molecular flexibility index (Phi) is 3.29. The first-order chi connectivity index (χ1) is 8.15. The Morgan fingerprint density at radius 3 is 2.88 bits per heavy atom. The molecule has 0 radical (unpaired) electrons. The third-order valence-electron chi connectivity index (χ3n) is 1.85. The van der Waals surface area contributed by atoms with Gasteiger partial charge in [-0.3, -0.25) is 10.1 Å². The Morgan fingerprint density at radius 1 is 1.35 bits per heavy atom. The van der Waals surface area contributed by atoms with Crippen molar-refractivity contribution in [1.29, 1.82) is 0 Å². The third kappa shape index (κ3) is 2.97. The second-order valence-electron chi connectivity index (χ2n) is 3.02. The van der Waals surface area contributed by atoms with Crippen LogP contribution in [0, 0.1) is 10.1 Å². The molecule has 0 bridgehead atoms. The second kappa shape index (κ2) is 4.88. The van der Waals surface area contributed by atoms with Crippen LogP contribution in [0.2, 0.25) is 0 Å². The first kappa shape index (κ1) is 11.5. The number of hydrogen-bond acceptors (Lipinski definition) is 5. The summed E-state index contributed by atoms with van der Waals surface area (Å²) in [6, 6.07) is 7.44. The Balaban J connectivity index is 2.24. The average Bonchev–Trinajstić information content (AvgIpc) is 2.29. The molecule has 1 aromatic carbocycles. The highest BCUT2D eigenvalue weighted by atomic mass is 79.9. The minimum absolute atomic E-state index is 0.0318. The molecule has 0 spiro atoms. The lowest BCUT2D eigenvalue weighted by atomic mass is 10.3. The molecule has 0 atom stereocenters. The fourth-order valence-electron chi connectivity index (χ4n) is 1.16. The topological polar surface area (TPSA) is 78.2 Å². The number of benzene rings is 1. The van der Waals surface area contributed by atoms with E-state index in [1.807, 2.05) is 0 Å². The minimum Gasteiger partial charge on any atom is -0.439 e. The van der Waals surface area contributed by atoms with Crippen molar-refractivity contribution in [2.24, 2.45) is 0 Å².